The van der Waals surface area contributed by atoms with E-state index in [2.05, 4.69) is 0 Å². The third-order valence-electron chi connectivity index (χ3n) is 2.51. The van der Waals surface area contributed by atoms with E-state index in [4.69, 9.17) is 9.47 Å². The highest BCUT2D eigenvalue weighted by molar-refractivity contribution is 5.77. The topological polar surface area (TPSA) is 35.5 Å². The van der Waals surface area contributed by atoms with Crippen LogP contribution in [0.1, 0.15) is 21.5 Å². The first-order valence-corrected chi connectivity index (χ1v) is 5.36. The molecular formula is C13H18O3. The average Bonchev–Trinajstić information content (AvgIpc) is 2.34. The van der Waals surface area contributed by atoms with Crippen LogP contribution in [0.4, 0.5) is 0 Å². The van der Waals surface area contributed by atoms with Crippen LogP contribution in [0.15, 0.2) is 18.2 Å². The monoisotopic (exact) mass is 222 g/mol. The van der Waals surface area contributed by atoms with Crippen molar-refractivity contribution in [1.82, 2.24) is 0 Å². The zero-order chi connectivity index (χ0) is 11.8. The van der Waals surface area contributed by atoms with Gasteiger partial charge in [-0.2, -0.15) is 0 Å². The zero-order valence-corrected chi connectivity index (χ0v) is 9.86. The van der Waals surface area contributed by atoms with Gasteiger partial charge in [0.2, 0.25) is 0 Å². The Kier molecular flexibility index (Phi) is 5.75. The third kappa shape index (κ3) is 3.76. The van der Waals surface area contributed by atoms with Crippen molar-refractivity contribution in [2.45, 2.75) is 12.8 Å². The van der Waals surface area contributed by atoms with Crippen LogP contribution in [0, 0.1) is 0 Å². The first-order valence-electron chi connectivity index (χ1n) is 5.36. The summed E-state index contributed by atoms with van der Waals surface area (Å²) >= 11 is 0. The van der Waals surface area contributed by atoms with Gasteiger partial charge < -0.3 is 9.47 Å². The van der Waals surface area contributed by atoms with Crippen LogP contribution in [-0.2, 0) is 22.3 Å². The van der Waals surface area contributed by atoms with Crippen LogP contribution in [0.3, 0.4) is 0 Å². The minimum atomic E-state index is 0.637. The standard InChI is InChI=1S/C13H18O3/c1-15-7-5-11-3-4-12(6-8-16-2)13(9-11)10-14/h3-4,9-10H,5-8H2,1-2H3. The van der Waals surface area contributed by atoms with Crippen LogP contribution in [0.25, 0.3) is 0 Å². The number of rotatable bonds is 7. The molecule has 1 aromatic rings. The van der Waals surface area contributed by atoms with E-state index >= 15 is 0 Å². The maximum atomic E-state index is 10.9. The smallest absolute Gasteiger partial charge is 0.150 e. The lowest BCUT2D eigenvalue weighted by atomic mass is 10.0. The lowest BCUT2D eigenvalue weighted by Crippen LogP contribution is -2.01. The molecule has 0 aliphatic carbocycles. The summed E-state index contributed by atoms with van der Waals surface area (Å²) < 4.78 is 10.0. The lowest BCUT2D eigenvalue weighted by Gasteiger charge is -2.07. The van der Waals surface area contributed by atoms with Gasteiger partial charge in [-0.3, -0.25) is 4.79 Å². The highest BCUT2D eigenvalue weighted by atomic mass is 16.5. The van der Waals surface area contributed by atoms with E-state index in [1.165, 1.54) is 0 Å². The molecule has 0 saturated heterocycles. The van der Waals surface area contributed by atoms with Gasteiger partial charge in [0.05, 0.1) is 13.2 Å². The Morgan fingerprint density at radius 3 is 2.44 bits per heavy atom. The molecule has 0 fully saturated rings. The number of methoxy groups -OCH3 is 2. The van der Waals surface area contributed by atoms with Crippen molar-refractivity contribution in [3.05, 3.63) is 34.9 Å². The quantitative estimate of drug-likeness (QED) is 0.661. The van der Waals surface area contributed by atoms with E-state index in [0.29, 0.717) is 13.2 Å². The van der Waals surface area contributed by atoms with E-state index in [9.17, 15) is 4.79 Å². The van der Waals surface area contributed by atoms with Gasteiger partial charge in [-0.05, 0) is 30.0 Å². The summed E-state index contributed by atoms with van der Waals surface area (Å²) in [5.74, 6) is 0. The fourth-order valence-corrected chi connectivity index (χ4v) is 1.57. The fourth-order valence-electron chi connectivity index (χ4n) is 1.57. The Labute approximate surface area is 96.4 Å². The van der Waals surface area contributed by atoms with E-state index in [1.807, 2.05) is 18.2 Å². The molecule has 1 rings (SSSR count). The summed E-state index contributed by atoms with van der Waals surface area (Å²) in [5, 5.41) is 0. The highest BCUT2D eigenvalue weighted by Crippen LogP contribution is 2.12. The molecule has 0 radical (unpaired) electrons. The van der Waals surface area contributed by atoms with Gasteiger partial charge >= 0.3 is 0 Å². The van der Waals surface area contributed by atoms with E-state index < -0.39 is 0 Å². The molecule has 1 aromatic carbocycles. The van der Waals surface area contributed by atoms with Crippen molar-refractivity contribution in [3.8, 4) is 0 Å². The molecule has 3 heteroatoms. The van der Waals surface area contributed by atoms with Gasteiger partial charge in [-0.1, -0.05) is 12.1 Å². The number of hydrogen-bond donors (Lipinski definition) is 0. The molecule has 3 nitrogen and oxygen atoms in total. The molecular weight excluding hydrogens is 204 g/mol. The SMILES string of the molecule is COCCc1ccc(CCOC)c(C=O)c1. The summed E-state index contributed by atoms with van der Waals surface area (Å²) in [6, 6.07) is 5.96. The zero-order valence-electron chi connectivity index (χ0n) is 9.86. The van der Waals surface area contributed by atoms with Crippen LogP contribution in [-0.4, -0.2) is 33.7 Å². The van der Waals surface area contributed by atoms with Gasteiger partial charge in [-0.15, -0.1) is 0 Å². The van der Waals surface area contributed by atoms with Crippen molar-refractivity contribution in [1.29, 1.82) is 0 Å². The minimum Gasteiger partial charge on any atom is -0.384 e. The number of aldehydes is 1. The van der Waals surface area contributed by atoms with E-state index in [1.54, 1.807) is 14.2 Å². The van der Waals surface area contributed by atoms with Crippen LogP contribution in [0.5, 0.6) is 0 Å². The molecule has 0 atom stereocenters. The molecule has 0 unspecified atom stereocenters. The van der Waals surface area contributed by atoms with Gasteiger partial charge in [-0.25, -0.2) is 0 Å². The number of carbonyl (C=O) groups excluding carboxylic acids is 1. The number of benzene rings is 1. The molecule has 0 N–H and O–H groups in total. The van der Waals surface area contributed by atoms with E-state index in [0.717, 1.165) is 35.8 Å². The molecule has 0 amide bonds. The second-order valence-electron chi connectivity index (χ2n) is 3.64. The van der Waals surface area contributed by atoms with Crippen molar-refractivity contribution in [2.75, 3.05) is 27.4 Å². The van der Waals surface area contributed by atoms with Crippen molar-refractivity contribution in [3.63, 3.8) is 0 Å². The highest BCUT2D eigenvalue weighted by Gasteiger charge is 2.03. The molecule has 0 aromatic heterocycles. The third-order valence-corrected chi connectivity index (χ3v) is 2.51. The summed E-state index contributed by atoms with van der Waals surface area (Å²) in [4.78, 5) is 10.9. The summed E-state index contributed by atoms with van der Waals surface area (Å²) in [5.41, 5.74) is 2.92. The Morgan fingerprint density at radius 2 is 1.81 bits per heavy atom. The summed E-state index contributed by atoms with van der Waals surface area (Å²) in [6.45, 7) is 1.31. The molecule has 16 heavy (non-hydrogen) atoms. The average molecular weight is 222 g/mol. The largest absolute Gasteiger partial charge is 0.384 e. The second-order valence-corrected chi connectivity index (χ2v) is 3.64. The van der Waals surface area contributed by atoms with Crippen molar-refractivity contribution in [2.24, 2.45) is 0 Å². The van der Waals surface area contributed by atoms with Gasteiger partial charge in [0.25, 0.3) is 0 Å². The number of carbonyl (C=O) groups is 1. The van der Waals surface area contributed by atoms with Crippen LogP contribution < -0.4 is 0 Å². The Bertz CT molecular complexity index is 334. The normalized spacial score (nSPS) is 10.4. The molecule has 0 bridgehead atoms. The second kappa shape index (κ2) is 7.14. The Balaban J connectivity index is 2.75. The Morgan fingerprint density at radius 1 is 1.12 bits per heavy atom. The molecule has 0 aliphatic rings. The van der Waals surface area contributed by atoms with Crippen molar-refractivity contribution >= 4 is 6.29 Å². The minimum absolute atomic E-state index is 0.637. The van der Waals surface area contributed by atoms with E-state index in [-0.39, 0.29) is 0 Å². The number of ether oxygens (including phenoxy) is 2. The van der Waals surface area contributed by atoms with Crippen LogP contribution >= 0.6 is 0 Å². The molecule has 0 heterocycles. The first-order chi connectivity index (χ1) is 7.81. The van der Waals surface area contributed by atoms with Crippen molar-refractivity contribution < 1.29 is 14.3 Å². The fraction of sp³-hybridized carbons (Fsp3) is 0.462. The molecule has 0 spiro atoms. The summed E-state index contributed by atoms with van der Waals surface area (Å²) in [6.07, 6.45) is 2.51. The predicted octanol–water partition coefficient (Wildman–Crippen LogP) is 1.88. The van der Waals surface area contributed by atoms with Gasteiger partial charge in [0.1, 0.15) is 6.29 Å². The molecule has 0 aliphatic heterocycles. The lowest BCUT2D eigenvalue weighted by molar-refractivity contribution is 0.112. The molecule has 88 valence electrons. The first kappa shape index (κ1) is 12.9. The van der Waals surface area contributed by atoms with Crippen LogP contribution in [0.2, 0.25) is 0 Å². The van der Waals surface area contributed by atoms with Gasteiger partial charge in [0.15, 0.2) is 0 Å². The maximum Gasteiger partial charge on any atom is 0.150 e. The summed E-state index contributed by atoms with van der Waals surface area (Å²) in [7, 11) is 3.33. The number of hydrogen-bond acceptors (Lipinski definition) is 3. The Hall–Kier alpha value is -1.19. The maximum absolute atomic E-state index is 10.9. The predicted molar refractivity (Wildman–Crippen MR) is 63.0 cm³/mol. The molecule has 0 saturated carbocycles. The van der Waals surface area contributed by atoms with Gasteiger partial charge in [0, 0.05) is 19.8 Å².